The Balaban J connectivity index is 1.22. The summed E-state index contributed by atoms with van der Waals surface area (Å²) >= 11 is 1.85. The third-order valence-electron chi connectivity index (χ3n) is 8.55. The average Bonchev–Trinajstić information content (AvgIpc) is 3.30. The van der Waals surface area contributed by atoms with Crippen molar-refractivity contribution >= 4 is 34.2 Å². The number of fused-ring (bicyclic) bond motifs is 1. The van der Waals surface area contributed by atoms with Gasteiger partial charge in [-0.15, -0.1) is 22.0 Å². The minimum absolute atomic E-state index is 0.204. The van der Waals surface area contributed by atoms with Crippen LogP contribution in [-0.2, 0) is 0 Å². The van der Waals surface area contributed by atoms with Crippen molar-refractivity contribution in [3.63, 3.8) is 0 Å². The Labute approximate surface area is 236 Å². The first-order valence-electron chi connectivity index (χ1n) is 14.2. The molecule has 4 aromatic rings. The molecule has 3 fully saturated rings. The number of benzene rings is 1. The van der Waals surface area contributed by atoms with Crippen molar-refractivity contribution in [3.05, 3.63) is 36.6 Å². The van der Waals surface area contributed by atoms with Crippen molar-refractivity contribution in [3.8, 4) is 23.0 Å². The van der Waals surface area contributed by atoms with Crippen molar-refractivity contribution in [2.45, 2.75) is 68.4 Å². The van der Waals surface area contributed by atoms with Crippen LogP contribution in [0.1, 0.15) is 52.4 Å². The molecule has 3 aromatic heterocycles. The summed E-state index contributed by atoms with van der Waals surface area (Å²) in [5.74, 6) is -1.37. The highest BCUT2D eigenvalue weighted by Gasteiger charge is 2.44. The molecule has 2 aliphatic heterocycles. The Bertz CT molecular complexity index is 1530. The van der Waals surface area contributed by atoms with Gasteiger partial charge >= 0.3 is 0 Å². The number of pyridine rings is 1. The van der Waals surface area contributed by atoms with E-state index in [0.717, 1.165) is 29.7 Å². The van der Waals surface area contributed by atoms with Gasteiger partial charge < -0.3 is 18.6 Å². The highest BCUT2D eigenvalue weighted by atomic mass is 32.2. The maximum Gasteiger partial charge on any atom is 0.266 e. The first-order chi connectivity index (χ1) is 19.3. The topological polar surface area (TPSA) is 71.4 Å². The van der Waals surface area contributed by atoms with Crippen molar-refractivity contribution in [1.29, 1.82) is 0 Å². The molecule has 210 valence electrons. The second kappa shape index (κ2) is 9.75. The van der Waals surface area contributed by atoms with E-state index in [1.807, 2.05) is 28.8 Å². The van der Waals surface area contributed by atoms with E-state index in [9.17, 15) is 8.78 Å². The number of alkyl halides is 2. The number of rotatable bonds is 6. The summed E-state index contributed by atoms with van der Waals surface area (Å²) < 4.78 is 39.7. The quantitative estimate of drug-likeness (QED) is 0.221. The predicted molar refractivity (Wildman–Crippen MR) is 153 cm³/mol. The van der Waals surface area contributed by atoms with Gasteiger partial charge in [-0.3, -0.25) is 0 Å². The van der Waals surface area contributed by atoms with Crippen LogP contribution >= 0.6 is 11.8 Å². The number of halogens is 2. The van der Waals surface area contributed by atoms with Crippen LogP contribution in [0.3, 0.4) is 0 Å². The van der Waals surface area contributed by atoms with E-state index in [1.165, 1.54) is 30.6 Å². The van der Waals surface area contributed by atoms with Crippen LogP contribution in [0.4, 0.5) is 20.3 Å². The average molecular weight is 566 g/mol. The van der Waals surface area contributed by atoms with E-state index in [2.05, 4.69) is 47.1 Å². The van der Waals surface area contributed by atoms with E-state index in [4.69, 9.17) is 13.8 Å². The molecule has 7 rings (SSSR count). The lowest BCUT2D eigenvalue weighted by atomic mass is 9.93. The normalized spacial score (nSPS) is 20.1. The van der Waals surface area contributed by atoms with Gasteiger partial charge in [-0.25, -0.2) is 13.8 Å². The summed E-state index contributed by atoms with van der Waals surface area (Å²) in [6, 6.07) is 10.2. The first kappa shape index (κ1) is 25.8. The Morgan fingerprint density at radius 1 is 0.875 bits per heavy atom. The molecule has 1 aromatic carbocycles. The third-order valence-corrected chi connectivity index (χ3v) is 9.55. The van der Waals surface area contributed by atoms with Crippen LogP contribution in [0.25, 0.3) is 34.0 Å². The second-order valence-electron chi connectivity index (χ2n) is 11.8. The molecule has 0 unspecified atom stereocenters. The van der Waals surface area contributed by atoms with Crippen molar-refractivity contribution in [2.24, 2.45) is 5.41 Å². The number of furan rings is 1. The van der Waals surface area contributed by atoms with E-state index in [0.29, 0.717) is 39.5 Å². The standard InChI is InChI=1S/C30H33F2N5O2S/c1-19(2)40-21-3-4-22(24(18-21)36-12-8-29(6-7-29)9-13-36)27-34-35-28(39-27)23-17-20-5-16-38-25(20)26(33-23)37-14-10-30(31,32)11-15-37/h3-5,16-19H,6-15H2,1-2H3. The Hall–Kier alpha value is -3.14. The minimum Gasteiger partial charge on any atom is -0.460 e. The summed E-state index contributed by atoms with van der Waals surface area (Å²) in [6.07, 6.45) is 6.34. The van der Waals surface area contributed by atoms with E-state index in [-0.39, 0.29) is 25.9 Å². The fourth-order valence-electron chi connectivity index (χ4n) is 5.96. The number of anilines is 2. The predicted octanol–water partition coefficient (Wildman–Crippen LogP) is 7.66. The molecule has 0 atom stereocenters. The van der Waals surface area contributed by atoms with Gasteiger partial charge in [-0.05, 0) is 61.4 Å². The van der Waals surface area contributed by atoms with E-state index < -0.39 is 5.92 Å². The Morgan fingerprint density at radius 2 is 1.60 bits per heavy atom. The van der Waals surface area contributed by atoms with Gasteiger partial charge in [0.25, 0.3) is 11.8 Å². The van der Waals surface area contributed by atoms with Gasteiger partial charge in [0.05, 0.1) is 17.5 Å². The second-order valence-corrected chi connectivity index (χ2v) is 13.4. The molecule has 10 heteroatoms. The lowest BCUT2D eigenvalue weighted by molar-refractivity contribution is -0.0221. The molecule has 1 spiro atoms. The molecule has 3 aliphatic rings. The number of hydrogen-bond acceptors (Lipinski definition) is 8. The van der Waals surface area contributed by atoms with E-state index in [1.54, 1.807) is 6.26 Å². The van der Waals surface area contributed by atoms with Gasteiger partial charge in [0.2, 0.25) is 5.89 Å². The number of aromatic nitrogens is 3. The lowest BCUT2D eigenvalue weighted by Crippen LogP contribution is -2.39. The summed E-state index contributed by atoms with van der Waals surface area (Å²) in [5.41, 5.74) is 3.71. The smallest absolute Gasteiger partial charge is 0.266 e. The summed E-state index contributed by atoms with van der Waals surface area (Å²) in [4.78, 5) is 10.3. The Morgan fingerprint density at radius 3 is 2.33 bits per heavy atom. The zero-order valence-electron chi connectivity index (χ0n) is 22.8. The van der Waals surface area contributed by atoms with Gasteiger partial charge in [0, 0.05) is 54.6 Å². The van der Waals surface area contributed by atoms with Gasteiger partial charge in [-0.1, -0.05) is 13.8 Å². The van der Waals surface area contributed by atoms with E-state index >= 15 is 0 Å². The number of thioether (sulfide) groups is 1. The fraction of sp³-hybridized carbons (Fsp3) is 0.500. The number of piperidine rings is 2. The van der Waals surface area contributed by atoms with Crippen molar-refractivity contribution in [2.75, 3.05) is 36.0 Å². The summed E-state index contributed by atoms with van der Waals surface area (Å²) in [6.45, 7) is 6.87. The van der Waals surface area contributed by atoms with Crippen LogP contribution in [-0.4, -0.2) is 52.5 Å². The SMILES string of the molecule is CC(C)Sc1ccc(-c2nnc(-c3cc4ccoc4c(N4CCC(F)(F)CC4)n3)o2)c(N2CCC3(CC2)CC3)c1. The maximum atomic E-state index is 13.8. The molecule has 0 amide bonds. The summed E-state index contributed by atoms with van der Waals surface area (Å²) in [5, 5.41) is 10.1. The molecule has 2 saturated heterocycles. The monoisotopic (exact) mass is 565 g/mol. The van der Waals surface area contributed by atoms with Crippen LogP contribution in [0.15, 0.2) is 50.3 Å². The van der Waals surface area contributed by atoms with Crippen molar-refractivity contribution < 1.29 is 17.6 Å². The molecule has 40 heavy (non-hydrogen) atoms. The number of nitrogens with zero attached hydrogens (tertiary/aromatic N) is 5. The number of hydrogen-bond donors (Lipinski definition) is 0. The molecular weight excluding hydrogens is 532 g/mol. The lowest BCUT2D eigenvalue weighted by Gasteiger charge is -2.35. The summed E-state index contributed by atoms with van der Waals surface area (Å²) in [7, 11) is 0. The first-order valence-corrected chi connectivity index (χ1v) is 15.1. The molecular formula is C30H33F2N5O2S. The Kier molecular flexibility index (Phi) is 6.29. The highest BCUT2D eigenvalue weighted by molar-refractivity contribution is 7.99. The van der Waals surface area contributed by atoms with Crippen LogP contribution in [0.2, 0.25) is 0 Å². The molecule has 0 radical (unpaired) electrons. The van der Waals surface area contributed by atoms with Gasteiger partial charge in [-0.2, -0.15) is 0 Å². The van der Waals surface area contributed by atoms with Crippen LogP contribution in [0.5, 0.6) is 0 Å². The van der Waals surface area contributed by atoms with Gasteiger partial charge in [0.1, 0.15) is 5.69 Å². The third kappa shape index (κ3) is 4.95. The molecule has 7 nitrogen and oxygen atoms in total. The fourth-order valence-corrected chi connectivity index (χ4v) is 6.83. The zero-order chi connectivity index (χ0) is 27.5. The zero-order valence-corrected chi connectivity index (χ0v) is 23.6. The van der Waals surface area contributed by atoms with Crippen LogP contribution in [0, 0.1) is 5.41 Å². The molecule has 1 aliphatic carbocycles. The largest absolute Gasteiger partial charge is 0.460 e. The minimum atomic E-state index is -2.65. The molecule has 0 N–H and O–H groups in total. The van der Waals surface area contributed by atoms with Crippen LogP contribution < -0.4 is 9.80 Å². The van der Waals surface area contributed by atoms with Crippen molar-refractivity contribution in [1.82, 2.24) is 15.2 Å². The highest BCUT2D eigenvalue weighted by Crippen LogP contribution is 2.54. The molecule has 5 heterocycles. The molecule has 0 bridgehead atoms. The molecule has 1 saturated carbocycles. The maximum absolute atomic E-state index is 13.8. The van der Waals surface area contributed by atoms with Gasteiger partial charge in [0.15, 0.2) is 11.4 Å².